The topological polar surface area (TPSA) is 35.5 Å². The Kier molecular flexibility index (Phi) is 4.16. The van der Waals surface area contributed by atoms with Crippen LogP contribution >= 0.6 is 0 Å². The van der Waals surface area contributed by atoms with Crippen molar-refractivity contribution in [2.75, 3.05) is 7.11 Å². The molecule has 0 bridgehead atoms. The summed E-state index contributed by atoms with van der Waals surface area (Å²) in [7, 11) is 1.50. The lowest BCUT2D eigenvalue weighted by atomic mass is 9.99. The molecule has 2 aromatic rings. The molecule has 6 heteroatoms. The van der Waals surface area contributed by atoms with Crippen LogP contribution in [0, 0.1) is 0 Å². The van der Waals surface area contributed by atoms with E-state index < -0.39 is 12.1 Å². The molecule has 0 aromatic heterocycles. The standard InChI is InChI=1S/C15H11F3O3/c1-20-11-7-5-10(6-8-11)12-3-2-4-14(13(12)9-19)21-15(16,17)18/h2-9H,1H3. The molecule has 0 spiro atoms. The Hall–Kier alpha value is -2.50. The van der Waals surface area contributed by atoms with E-state index in [2.05, 4.69) is 4.74 Å². The van der Waals surface area contributed by atoms with Crippen molar-refractivity contribution in [1.29, 1.82) is 0 Å². The van der Waals surface area contributed by atoms with E-state index in [0.717, 1.165) is 6.07 Å². The summed E-state index contributed by atoms with van der Waals surface area (Å²) in [6.07, 6.45) is -4.50. The summed E-state index contributed by atoms with van der Waals surface area (Å²) < 4.78 is 45.9. The highest BCUT2D eigenvalue weighted by Crippen LogP contribution is 2.33. The highest BCUT2D eigenvalue weighted by atomic mass is 19.4. The van der Waals surface area contributed by atoms with Gasteiger partial charge in [-0.2, -0.15) is 0 Å². The first kappa shape index (κ1) is 14.9. The minimum atomic E-state index is -4.85. The van der Waals surface area contributed by atoms with Gasteiger partial charge in [-0.15, -0.1) is 13.2 Å². The molecule has 0 aliphatic rings. The Balaban J connectivity index is 2.48. The SMILES string of the molecule is COc1ccc(-c2cccc(OC(F)(F)F)c2C=O)cc1. The van der Waals surface area contributed by atoms with Crippen molar-refractivity contribution in [1.82, 2.24) is 0 Å². The number of carbonyl (C=O) groups excluding carboxylic acids is 1. The minimum absolute atomic E-state index is 0.153. The van der Waals surface area contributed by atoms with Crippen LogP contribution in [0.3, 0.4) is 0 Å². The number of alkyl halides is 3. The predicted molar refractivity (Wildman–Crippen MR) is 70.5 cm³/mol. The predicted octanol–water partition coefficient (Wildman–Crippen LogP) is 4.07. The van der Waals surface area contributed by atoms with Gasteiger partial charge < -0.3 is 9.47 Å². The number of benzene rings is 2. The monoisotopic (exact) mass is 296 g/mol. The van der Waals surface area contributed by atoms with Gasteiger partial charge in [0.1, 0.15) is 11.5 Å². The number of halogens is 3. The van der Waals surface area contributed by atoms with Crippen molar-refractivity contribution in [3.8, 4) is 22.6 Å². The molecule has 0 amide bonds. The van der Waals surface area contributed by atoms with E-state index in [-0.39, 0.29) is 5.56 Å². The molecule has 0 N–H and O–H groups in total. The van der Waals surface area contributed by atoms with Gasteiger partial charge in [-0.1, -0.05) is 24.3 Å². The Morgan fingerprint density at radius 2 is 1.71 bits per heavy atom. The third-order valence-electron chi connectivity index (χ3n) is 2.81. The molecule has 0 unspecified atom stereocenters. The average Bonchev–Trinajstić information content (AvgIpc) is 2.45. The molecular weight excluding hydrogens is 285 g/mol. The second kappa shape index (κ2) is 5.87. The van der Waals surface area contributed by atoms with Gasteiger partial charge in [0.2, 0.25) is 0 Å². The van der Waals surface area contributed by atoms with Crippen LogP contribution in [-0.4, -0.2) is 19.8 Å². The highest BCUT2D eigenvalue weighted by Gasteiger charge is 2.32. The van der Waals surface area contributed by atoms with E-state index in [0.29, 0.717) is 23.2 Å². The van der Waals surface area contributed by atoms with Crippen molar-refractivity contribution in [3.05, 3.63) is 48.0 Å². The van der Waals surface area contributed by atoms with Crippen molar-refractivity contribution in [2.24, 2.45) is 0 Å². The fourth-order valence-electron chi connectivity index (χ4n) is 1.90. The van der Waals surface area contributed by atoms with Crippen LogP contribution in [0.4, 0.5) is 13.2 Å². The van der Waals surface area contributed by atoms with Gasteiger partial charge in [-0.3, -0.25) is 4.79 Å². The first-order valence-electron chi connectivity index (χ1n) is 5.93. The van der Waals surface area contributed by atoms with E-state index in [9.17, 15) is 18.0 Å². The number of carbonyl (C=O) groups is 1. The van der Waals surface area contributed by atoms with Gasteiger partial charge in [0.05, 0.1) is 12.7 Å². The van der Waals surface area contributed by atoms with E-state index in [1.54, 1.807) is 30.3 Å². The molecule has 0 heterocycles. The van der Waals surface area contributed by atoms with E-state index in [4.69, 9.17) is 4.74 Å². The van der Waals surface area contributed by atoms with Crippen molar-refractivity contribution in [2.45, 2.75) is 6.36 Å². The molecule has 21 heavy (non-hydrogen) atoms. The summed E-state index contributed by atoms with van der Waals surface area (Å²) in [6, 6.07) is 10.7. The molecule has 0 aliphatic carbocycles. The van der Waals surface area contributed by atoms with Gasteiger partial charge in [0.15, 0.2) is 6.29 Å². The normalized spacial score (nSPS) is 11.0. The van der Waals surface area contributed by atoms with Crippen molar-refractivity contribution < 1.29 is 27.4 Å². The second-order valence-corrected chi connectivity index (χ2v) is 4.11. The summed E-state index contributed by atoms with van der Waals surface area (Å²) in [5.41, 5.74) is 0.792. The number of aldehydes is 1. The Morgan fingerprint density at radius 3 is 2.24 bits per heavy atom. The first-order chi connectivity index (χ1) is 9.94. The van der Waals surface area contributed by atoms with E-state index in [1.807, 2.05) is 0 Å². The van der Waals surface area contributed by atoms with Gasteiger partial charge >= 0.3 is 6.36 Å². The summed E-state index contributed by atoms with van der Waals surface area (Å²) in [6.45, 7) is 0. The summed E-state index contributed by atoms with van der Waals surface area (Å²) in [5.74, 6) is 0.0833. The fourth-order valence-corrected chi connectivity index (χ4v) is 1.90. The van der Waals surface area contributed by atoms with Crippen LogP contribution in [-0.2, 0) is 0 Å². The molecular formula is C15H11F3O3. The summed E-state index contributed by atoms with van der Waals surface area (Å²) >= 11 is 0. The van der Waals surface area contributed by atoms with Gasteiger partial charge in [-0.05, 0) is 29.3 Å². The molecule has 2 aromatic carbocycles. The third kappa shape index (κ3) is 3.53. The van der Waals surface area contributed by atoms with Crippen molar-refractivity contribution in [3.63, 3.8) is 0 Å². The molecule has 0 fully saturated rings. The maximum Gasteiger partial charge on any atom is 0.573 e. The number of rotatable bonds is 4. The smallest absolute Gasteiger partial charge is 0.497 e. The van der Waals surface area contributed by atoms with Crippen molar-refractivity contribution >= 4 is 6.29 Å². The first-order valence-corrected chi connectivity index (χ1v) is 5.93. The zero-order chi connectivity index (χ0) is 15.5. The van der Waals surface area contributed by atoms with Crippen LogP contribution in [0.2, 0.25) is 0 Å². The minimum Gasteiger partial charge on any atom is -0.497 e. The Labute approximate surface area is 118 Å². The van der Waals surface area contributed by atoms with Crippen LogP contribution in [0.25, 0.3) is 11.1 Å². The number of hydrogen-bond donors (Lipinski definition) is 0. The van der Waals surface area contributed by atoms with Gasteiger partial charge in [-0.25, -0.2) is 0 Å². The molecule has 0 saturated carbocycles. The second-order valence-electron chi connectivity index (χ2n) is 4.11. The zero-order valence-corrected chi connectivity index (χ0v) is 11.0. The molecule has 0 aliphatic heterocycles. The quantitative estimate of drug-likeness (QED) is 0.798. The summed E-state index contributed by atoms with van der Waals surface area (Å²) in [5, 5.41) is 0. The van der Waals surface area contributed by atoms with Crippen LogP contribution in [0.15, 0.2) is 42.5 Å². The third-order valence-corrected chi connectivity index (χ3v) is 2.81. The average molecular weight is 296 g/mol. The number of hydrogen-bond acceptors (Lipinski definition) is 3. The van der Waals surface area contributed by atoms with Crippen LogP contribution in [0.1, 0.15) is 10.4 Å². The summed E-state index contributed by atoms with van der Waals surface area (Å²) in [4.78, 5) is 11.2. The molecule has 2 rings (SSSR count). The number of methoxy groups -OCH3 is 1. The van der Waals surface area contributed by atoms with Gasteiger partial charge in [0, 0.05) is 0 Å². The maximum absolute atomic E-state index is 12.3. The highest BCUT2D eigenvalue weighted by molar-refractivity contribution is 5.91. The fraction of sp³-hybridized carbons (Fsp3) is 0.133. The zero-order valence-electron chi connectivity index (χ0n) is 11.0. The molecule has 110 valence electrons. The molecule has 0 atom stereocenters. The van der Waals surface area contributed by atoms with Gasteiger partial charge in [0.25, 0.3) is 0 Å². The Morgan fingerprint density at radius 1 is 1.05 bits per heavy atom. The van der Waals surface area contributed by atoms with E-state index in [1.165, 1.54) is 13.2 Å². The lowest BCUT2D eigenvalue weighted by Crippen LogP contribution is -2.18. The molecule has 0 saturated heterocycles. The van der Waals surface area contributed by atoms with Crippen LogP contribution < -0.4 is 9.47 Å². The van der Waals surface area contributed by atoms with E-state index >= 15 is 0 Å². The molecule has 0 radical (unpaired) electrons. The van der Waals surface area contributed by atoms with Crippen LogP contribution in [0.5, 0.6) is 11.5 Å². The lowest BCUT2D eigenvalue weighted by molar-refractivity contribution is -0.274. The molecule has 3 nitrogen and oxygen atoms in total. The maximum atomic E-state index is 12.3. The Bertz CT molecular complexity index is 634. The lowest BCUT2D eigenvalue weighted by Gasteiger charge is -2.13. The number of ether oxygens (including phenoxy) is 2. The largest absolute Gasteiger partial charge is 0.573 e.